The number of fused-ring (bicyclic) bond motifs is 2. The van der Waals surface area contributed by atoms with Gasteiger partial charge in [0, 0.05) is 22.8 Å². The molecule has 0 spiro atoms. The Bertz CT molecular complexity index is 1730. The van der Waals surface area contributed by atoms with Crippen LogP contribution in [0.2, 0.25) is 0 Å². The molecule has 3 N–H and O–H groups in total. The Morgan fingerprint density at radius 2 is 1.84 bits per heavy atom. The third-order valence-electron chi connectivity index (χ3n) is 6.60. The molecule has 1 fully saturated rings. The lowest BCUT2D eigenvalue weighted by Gasteiger charge is -2.23. The highest BCUT2D eigenvalue weighted by atomic mass is 32.1. The van der Waals surface area contributed by atoms with Crippen molar-refractivity contribution in [2.75, 3.05) is 13.1 Å². The molecule has 0 aromatic carbocycles. The lowest BCUT2D eigenvalue weighted by atomic mass is 10.1. The van der Waals surface area contributed by atoms with Crippen LogP contribution in [-0.2, 0) is 0 Å². The first kappa shape index (κ1) is 22.1. The Labute approximate surface area is 216 Å². The van der Waals surface area contributed by atoms with Gasteiger partial charge in [0.15, 0.2) is 11.5 Å². The second-order valence-electron chi connectivity index (χ2n) is 9.19. The van der Waals surface area contributed by atoms with E-state index in [1.54, 1.807) is 23.7 Å². The van der Waals surface area contributed by atoms with Gasteiger partial charge >= 0.3 is 0 Å². The summed E-state index contributed by atoms with van der Waals surface area (Å²) in [7, 11) is 0. The molecule has 0 amide bonds. The zero-order chi connectivity index (χ0) is 24.8. The maximum absolute atomic E-state index is 6.20. The Balaban J connectivity index is 1.26. The number of rotatable bonds is 5. The highest BCUT2D eigenvalue weighted by Gasteiger charge is 2.19. The number of piperidine rings is 1. The Morgan fingerprint density at radius 3 is 2.70 bits per heavy atom. The molecule has 0 radical (unpaired) electrons. The molecule has 1 aliphatic heterocycles. The van der Waals surface area contributed by atoms with Crippen molar-refractivity contribution < 1.29 is 4.74 Å². The number of imidazole rings is 1. The monoisotopic (exact) mass is 508 g/mol. The van der Waals surface area contributed by atoms with Crippen LogP contribution >= 0.6 is 11.3 Å². The number of nitrogens with zero attached hydrogens (tertiary/aromatic N) is 5. The summed E-state index contributed by atoms with van der Waals surface area (Å²) in [5.74, 6) is 1.41. The minimum absolute atomic E-state index is 0.208. The van der Waals surface area contributed by atoms with E-state index in [0.717, 1.165) is 75.6 Å². The van der Waals surface area contributed by atoms with Gasteiger partial charge in [-0.05, 0) is 69.3 Å². The molecule has 1 saturated heterocycles. The van der Waals surface area contributed by atoms with Gasteiger partial charge in [0.05, 0.1) is 27.8 Å². The largest absolute Gasteiger partial charge is 0.489 e. The summed E-state index contributed by atoms with van der Waals surface area (Å²) in [5.41, 5.74) is 6.52. The molecule has 10 heteroatoms. The lowest BCUT2D eigenvalue weighted by molar-refractivity contribution is 0.162. The van der Waals surface area contributed by atoms with E-state index in [4.69, 9.17) is 14.7 Å². The van der Waals surface area contributed by atoms with E-state index < -0.39 is 0 Å². The number of aryl methyl sites for hydroxylation is 1. The van der Waals surface area contributed by atoms with Crippen molar-refractivity contribution in [3.8, 4) is 39.1 Å². The third-order valence-corrected chi connectivity index (χ3v) is 7.61. The number of ether oxygens (including phenoxy) is 1. The van der Waals surface area contributed by atoms with Crippen LogP contribution in [0.1, 0.15) is 17.7 Å². The van der Waals surface area contributed by atoms with Crippen LogP contribution in [-0.4, -0.2) is 54.3 Å². The van der Waals surface area contributed by atoms with E-state index in [1.165, 1.54) is 4.88 Å². The van der Waals surface area contributed by atoms with Gasteiger partial charge < -0.3 is 15.0 Å². The summed E-state index contributed by atoms with van der Waals surface area (Å²) in [5, 5.41) is 11.0. The second kappa shape index (κ2) is 9.06. The average molecular weight is 509 g/mol. The van der Waals surface area contributed by atoms with Crippen molar-refractivity contribution >= 4 is 33.4 Å². The maximum atomic E-state index is 6.20. The average Bonchev–Trinajstić information content (AvgIpc) is 3.66. The normalized spacial score (nSPS) is 14.5. The van der Waals surface area contributed by atoms with Crippen molar-refractivity contribution in [1.29, 1.82) is 0 Å². The number of pyridine rings is 3. The minimum atomic E-state index is 0.208. The lowest BCUT2D eigenvalue weighted by Crippen LogP contribution is -2.34. The van der Waals surface area contributed by atoms with Gasteiger partial charge in [0.25, 0.3) is 0 Å². The molecule has 1 aliphatic rings. The molecular formula is C27H24N8OS. The van der Waals surface area contributed by atoms with Crippen molar-refractivity contribution in [1.82, 2.24) is 40.4 Å². The van der Waals surface area contributed by atoms with Crippen LogP contribution in [0, 0.1) is 6.92 Å². The fourth-order valence-corrected chi connectivity index (χ4v) is 5.61. The molecule has 7 rings (SSSR count). The SMILES string of the molecule is Cc1ccc(-c2nccc3[nH]c(-c4n[nH]c5ccc(-c6cncc(OC7CCNCC7)c6)nc45)nc23)s1. The Kier molecular flexibility index (Phi) is 5.40. The number of hydrogen-bond acceptors (Lipinski definition) is 8. The van der Waals surface area contributed by atoms with Crippen LogP contribution in [0.25, 0.3) is 55.4 Å². The molecule has 184 valence electrons. The summed E-state index contributed by atoms with van der Waals surface area (Å²) in [6.07, 6.45) is 7.58. The number of thiophene rings is 1. The molecule has 0 unspecified atom stereocenters. The first-order valence-electron chi connectivity index (χ1n) is 12.3. The van der Waals surface area contributed by atoms with Gasteiger partial charge in [0.1, 0.15) is 28.6 Å². The molecule has 6 aromatic rings. The van der Waals surface area contributed by atoms with Crippen LogP contribution in [0.5, 0.6) is 5.75 Å². The predicted octanol–water partition coefficient (Wildman–Crippen LogP) is 5.13. The van der Waals surface area contributed by atoms with E-state index >= 15 is 0 Å². The standard InChI is InChI=1S/C27H24N8OS/c1-15-2-5-22(37-15)25-23-20(8-11-30-25)32-27(33-23)26-24-21(34-35-26)4-3-19(31-24)16-12-18(14-29-13-16)36-17-6-9-28-10-7-17/h2-5,8,11-14,17,28H,6-7,9-10H2,1H3,(H,32,33)(H,34,35). The fraction of sp³-hybridized carbons (Fsp3) is 0.222. The summed E-state index contributed by atoms with van der Waals surface area (Å²) >= 11 is 1.71. The molecule has 7 heterocycles. The summed E-state index contributed by atoms with van der Waals surface area (Å²) in [6, 6.07) is 12.1. The third kappa shape index (κ3) is 4.13. The van der Waals surface area contributed by atoms with Gasteiger partial charge in [-0.3, -0.25) is 15.1 Å². The molecule has 6 aromatic heterocycles. The number of H-pyrrole nitrogens is 2. The molecule has 9 nitrogen and oxygen atoms in total. The molecule has 0 saturated carbocycles. The van der Waals surface area contributed by atoms with Crippen molar-refractivity contribution in [2.45, 2.75) is 25.9 Å². The first-order chi connectivity index (χ1) is 18.2. The van der Waals surface area contributed by atoms with Crippen LogP contribution in [0.4, 0.5) is 0 Å². The van der Waals surface area contributed by atoms with Crippen LogP contribution < -0.4 is 10.1 Å². The quantitative estimate of drug-likeness (QED) is 0.296. The van der Waals surface area contributed by atoms with Gasteiger partial charge in [-0.1, -0.05) is 0 Å². The topological polar surface area (TPSA) is 117 Å². The number of aromatic amines is 2. The number of aromatic nitrogens is 7. The van der Waals surface area contributed by atoms with Crippen molar-refractivity contribution in [2.24, 2.45) is 0 Å². The van der Waals surface area contributed by atoms with Crippen molar-refractivity contribution in [3.05, 3.63) is 59.9 Å². The molecule has 37 heavy (non-hydrogen) atoms. The Hall–Kier alpha value is -4.15. The molecule has 0 atom stereocenters. The van der Waals surface area contributed by atoms with E-state index in [-0.39, 0.29) is 6.10 Å². The maximum Gasteiger partial charge on any atom is 0.161 e. The summed E-state index contributed by atoms with van der Waals surface area (Å²) in [6.45, 7) is 4.05. The zero-order valence-corrected chi connectivity index (χ0v) is 21.0. The zero-order valence-electron chi connectivity index (χ0n) is 20.2. The molecule has 0 aliphatic carbocycles. The first-order valence-corrected chi connectivity index (χ1v) is 13.1. The second-order valence-corrected chi connectivity index (χ2v) is 10.5. The smallest absolute Gasteiger partial charge is 0.161 e. The molecule has 0 bridgehead atoms. The van der Waals surface area contributed by atoms with Gasteiger partial charge in [-0.15, -0.1) is 11.3 Å². The molecular weight excluding hydrogens is 484 g/mol. The highest BCUT2D eigenvalue weighted by molar-refractivity contribution is 7.15. The van der Waals surface area contributed by atoms with Crippen LogP contribution in [0.3, 0.4) is 0 Å². The number of nitrogens with one attached hydrogen (secondary N) is 3. The van der Waals surface area contributed by atoms with E-state index in [1.807, 2.05) is 30.5 Å². The van der Waals surface area contributed by atoms with Gasteiger partial charge in [0.2, 0.25) is 0 Å². The fourth-order valence-electron chi connectivity index (χ4n) is 4.74. The van der Waals surface area contributed by atoms with Crippen molar-refractivity contribution in [3.63, 3.8) is 0 Å². The van der Waals surface area contributed by atoms with Crippen LogP contribution in [0.15, 0.2) is 55.0 Å². The highest BCUT2D eigenvalue weighted by Crippen LogP contribution is 2.33. The minimum Gasteiger partial charge on any atom is -0.489 e. The van der Waals surface area contributed by atoms with E-state index in [9.17, 15) is 0 Å². The van der Waals surface area contributed by atoms with Gasteiger partial charge in [-0.2, -0.15) is 5.10 Å². The van der Waals surface area contributed by atoms with E-state index in [2.05, 4.69) is 49.5 Å². The Morgan fingerprint density at radius 1 is 0.946 bits per heavy atom. The van der Waals surface area contributed by atoms with E-state index in [0.29, 0.717) is 11.5 Å². The summed E-state index contributed by atoms with van der Waals surface area (Å²) < 4.78 is 6.20. The summed E-state index contributed by atoms with van der Waals surface area (Å²) in [4.78, 5) is 24.6. The van der Waals surface area contributed by atoms with Gasteiger partial charge in [-0.25, -0.2) is 9.97 Å². The predicted molar refractivity (Wildman–Crippen MR) is 145 cm³/mol. The number of hydrogen-bond donors (Lipinski definition) is 3.